The van der Waals surface area contributed by atoms with E-state index in [-0.39, 0.29) is 0 Å². The third-order valence-corrected chi connectivity index (χ3v) is 2.92. The second kappa shape index (κ2) is 3.40. The van der Waals surface area contributed by atoms with Gasteiger partial charge in [0, 0.05) is 24.0 Å². The van der Waals surface area contributed by atoms with E-state index in [4.69, 9.17) is 16.0 Å². The molecule has 0 aliphatic carbocycles. The first-order valence-electron chi connectivity index (χ1n) is 4.93. The lowest BCUT2D eigenvalue weighted by Gasteiger charge is -1.94. The number of rotatable bonds is 1. The van der Waals surface area contributed by atoms with Crippen LogP contribution in [0.25, 0.3) is 16.5 Å². The fourth-order valence-corrected chi connectivity index (χ4v) is 2.07. The van der Waals surface area contributed by atoms with Crippen LogP contribution in [0.3, 0.4) is 0 Å². The van der Waals surface area contributed by atoms with Gasteiger partial charge in [-0.2, -0.15) is 0 Å². The lowest BCUT2D eigenvalue weighted by atomic mass is 10.2. The molecule has 0 spiro atoms. The molecule has 3 heteroatoms. The Morgan fingerprint density at radius 2 is 2.27 bits per heavy atom. The Hall–Kier alpha value is -1.25. The van der Waals surface area contributed by atoms with Gasteiger partial charge in [-0.1, -0.05) is 29.8 Å². The molecule has 0 fully saturated rings. The van der Waals surface area contributed by atoms with Crippen molar-refractivity contribution in [2.75, 3.05) is 13.1 Å². The van der Waals surface area contributed by atoms with Crippen molar-refractivity contribution in [2.24, 2.45) is 0 Å². The van der Waals surface area contributed by atoms with E-state index in [1.165, 1.54) is 5.57 Å². The fourth-order valence-electron chi connectivity index (χ4n) is 1.85. The summed E-state index contributed by atoms with van der Waals surface area (Å²) in [5, 5.41) is 4.98. The smallest absolute Gasteiger partial charge is 0.153 e. The molecule has 0 saturated carbocycles. The van der Waals surface area contributed by atoms with E-state index in [9.17, 15) is 0 Å². The minimum absolute atomic E-state index is 0.672. The number of halogens is 1. The highest BCUT2D eigenvalue weighted by Gasteiger charge is 2.12. The van der Waals surface area contributed by atoms with Crippen molar-refractivity contribution in [3.8, 4) is 0 Å². The van der Waals surface area contributed by atoms with E-state index < -0.39 is 0 Å². The molecule has 15 heavy (non-hydrogen) atoms. The van der Waals surface area contributed by atoms with Crippen molar-refractivity contribution in [1.82, 2.24) is 5.32 Å². The van der Waals surface area contributed by atoms with Crippen molar-refractivity contribution < 1.29 is 4.42 Å². The van der Waals surface area contributed by atoms with Gasteiger partial charge in [-0.3, -0.25) is 0 Å². The summed E-state index contributed by atoms with van der Waals surface area (Å²) in [5.74, 6) is 0.920. The topological polar surface area (TPSA) is 25.2 Å². The van der Waals surface area contributed by atoms with Gasteiger partial charge in [0.25, 0.3) is 0 Å². The Morgan fingerprint density at radius 3 is 3.00 bits per heavy atom. The average molecular weight is 220 g/mol. The van der Waals surface area contributed by atoms with Crippen LogP contribution in [0.4, 0.5) is 0 Å². The highest BCUT2D eigenvalue weighted by molar-refractivity contribution is 6.34. The zero-order chi connectivity index (χ0) is 10.3. The maximum Gasteiger partial charge on any atom is 0.153 e. The second-order valence-electron chi connectivity index (χ2n) is 3.63. The third-order valence-electron chi connectivity index (χ3n) is 2.62. The summed E-state index contributed by atoms with van der Waals surface area (Å²) in [4.78, 5) is 0. The quantitative estimate of drug-likeness (QED) is 0.798. The van der Waals surface area contributed by atoms with Gasteiger partial charge in [-0.05, 0) is 12.1 Å². The molecule has 0 amide bonds. The Morgan fingerprint density at radius 1 is 1.33 bits per heavy atom. The van der Waals surface area contributed by atoms with Gasteiger partial charge in [0.15, 0.2) is 5.58 Å². The zero-order valence-electron chi connectivity index (χ0n) is 8.09. The molecule has 2 aromatic rings. The lowest BCUT2D eigenvalue weighted by molar-refractivity contribution is 0.598. The van der Waals surface area contributed by atoms with Crippen LogP contribution in [0, 0.1) is 0 Å². The zero-order valence-corrected chi connectivity index (χ0v) is 8.84. The lowest BCUT2D eigenvalue weighted by Crippen LogP contribution is -2.07. The van der Waals surface area contributed by atoms with Crippen LogP contribution in [-0.2, 0) is 0 Å². The molecule has 1 aliphatic heterocycles. The minimum Gasteiger partial charge on any atom is -0.455 e. The number of para-hydroxylation sites is 1. The molecule has 0 unspecified atom stereocenters. The first-order chi connectivity index (χ1) is 7.34. The van der Waals surface area contributed by atoms with E-state index >= 15 is 0 Å². The number of furan rings is 1. The van der Waals surface area contributed by atoms with Gasteiger partial charge in [-0.15, -0.1) is 0 Å². The molecule has 1 N–H and O–H groups in total. The molecule has 2 nitrogen and oxygen atoms in total. The summed E-state index contributed by atoms with van der Waals surface area (Å²) < 4.78 is 5.74. The Balaban J connectivity index is 2.18. The molecule has 76 valence electrons. The van der Waals surface area contributed by atoms with Crippen LogP contribution >= 0.6 is 11.6 Å². The number of nitrogens with one attached hydrogen (secondary N) is 1. The number of fused-ring (bicyclic) bond motifs is 1. The van der Waals surface area contributed by atoms with Crippen LogP contribution in [0.15, 0.2) is 34.8 Å². The van der Waals surface area contributed by atoms with Gasteiger partial charge in [0.05, 0.1) is 5.02 Å². The summed E-state index contributed by atoms with van der Waals surface area (Å²) in [6, 6.07) is 7.83. The Bertz CT molecular complexity index is 542. The number of hydrogen-bond acceptors (Lipinski definition) is 2. The summed E-state index contributed by atoms with van der Waals surface area (Å²) in [6.07, 6.45) is 2.14. The van der Waals surface area contributed by atoms with E-state index in [0.717, 1.165) is 29.8 Å². The van der Waals surface area contributed by atoms with Gasteiger partial charge in [0.2, 0.25) is 0 Å². The molecule has 3 rings (SSSR count). The maximum atomic E-state index is 6.05. The van der Waals surface area contributed by atoms with Crippen molar-refractivity contribution >= 4 is 28.1 Å². The molecular formula is C12H10ClNO. The van der Waals surface area contributed by atoms with Gasteiger partial charge < -0.3 is 9.73 Å². The summed E-state index contributed by atoms with van der Waals surface area (Å²) in [7, 11) is 0. The SMILES string of the molecule is Clc1cccc2cc(C3=CCNC3)oc12. The first kappa shape index (κ1) is 9.01. The molecule has 0 radical (unpaired) electrons. The van der Waals surface area contributed by atoms with Crippen molar-refractivity contribution in [3.63, 3.8) is 0 Å². The monoisotopic (exact) mass is 219 g/mol. The Kier molecular flexibility index (Phi) is 2.04. The predicted octanol–water partition coefficient (Wildman–Crippen LogP) is 3.07. The molecule has 0 saturated heterocycles. The molecular weight excluding hydrogens is 210 g/mol. The largest absolute Gasteiger partial charge is 0.455 e. The normalized spacial score (nSPS) is 15.9. The average Bonchev–Trinajstić information content (AvgIpc) is 2.86. The van der Waals surface area contributed by atoms with Gasteiger partial charge >= 0.3 is 0 Å². The first-order valence-corrected chi connectivity index (χ1v) is 5.30. The molecule has 0 bridgehead atoms. The van der Waals surface area contributed by atoms with E-state index in [0.29, 0.717) is 5.02 Å². The van der Waals surface area contributed by atoms with Crippen LogP contribution in [-0.4, -0.2) is 13.1 Å². The molecule has 0 atom stereocenters. The van der Waals surface area contributed by atoms with Gasteiger partial charge in [-0.25, -0.2) is 0 Å². The predicted molar refractivity (Wildman–Crippen MR) is 62.1 cm³/mol. The van der Waals surface area contributed by atoms with E-state index in [1.807, 2.05) is 24.3 Å². The number of hydrogen-bond donors (Lipinski definition) is 1. The van der Waals surface area contributed by atoms with Gasteiger partial charge in [0.1, 0.15) is 5.76 Å². The van der Waals surface area contributed by atoms with Crippen LogP contribution in [0.2, 0.25) is 5.02 Å². The molecule has 1 aromatic carbocycles. The van der Waals surface area contributed by atoms with Crippen molar-refractivity contribution in [1.29, 1.82) is 0 Å². The highest BCUT2D eigenvalue weighted by atomic mass is 35.5. The summed E-state index contributed by atoms with van der Waals surface area (Å²) in [5.41, 5.74) is 1.99. The minimum atomic E-state index is 0.672. The van der Waals surface area contributed by atoms with Crippen LogP contribution in [0.5, 0.6) is 0 Å². The van der Waals surface area contributed by atoms with E-state index in [2.05, 4.69) is 11.4 Å². The molecule has 2 heterocycles. The second-order valence-corrected chi connectivity index (χ2v) is 4.04. The third kappa shape index (κ3) is 1.46. The fraction of sp³-hybridized carbons (Fsp3) is 0.167. The van der Waals surface area contributed by atoms with Crippen LogP contribution in [0.1, 0.15) is 5.76 Å². The van der Waals surface area contributed by atoms with Crippen molar-refractivity contribution in [2.45, 2.75) is 0 Å². The molecule has 1 aliphatic rings. The van der Waals surface area contributed by atoms with Crippen LogP contribution < -0.4 is 5.32 Å². The summed E-state index contributed by atoms with van der Waals surface area (Å²) in [6.45, 7) is 1.79. The van der Waals surface area contributed by atoms with E-state index in [1.54, 1.807) is 0 Å². The highest BCUT2D eigenvalue weighted by Crippen LogP contribution is 2.30. The van der Waals surface area contributed by atoms with Crippen molar-refractivity contribution in [3.05, 3.63) is 41.1 Å². The summed E-state index contributed by atoms with van der Waals surface area (Å²) >= 11 is 6.05. The maximum absolute atomic E-state index is 6.05. The standard InChI is InChI=1S/C12H10ClNO/c13-10-3-1-2-8-6-11(15-12(8)10)9-4-5-14-7-9/h1-4,6,14H,5,7H2. The number of benzene rings is 1. The molecule has 1 aromatic heterocycles. The Labute approximate surface area is 92.5 Å².